The second kappa shape index (κ2) is 5.67. The SMILES string of the molecule is O=C(NCc1cccs1)c1cc(Br)ccc1Cl. The van der Waals surface area contributed by atoms with Gasteiger partial charge in [-0.25, -0.2) is 0 Å². The highest BCUT2D eigenvalue weighted by atomic mass is 79.9. The number of carbonyl (C=O) groups excluding carboxylic acids is 1. The fourth-order valence-electron chi connectivity index (χ4n) is 1.35. The molecule has 1 heterocycles. The van der Waals surface area contributed by atoms with Gasteiger partial charge in [0.05, 0.1) is 17.1 Å². The molecule has 0 aliphatic carbocycles. The molecule has 2 aromatic rings. The molecule has 0 unspecified atom stereocenters. The van der Waals surface area contributed by atoms with Crippen molar-refractivity contribution in [3.63, 3.8) is 0 Å². The number of amides is 1. The van der Waals surface area contributed by atoms with E-state index in [1.54, 1.807) is 29.5 Å². The van der Waals surface area contributed by atoms with Crippen LogP contribution in [0.4, 0.5) is 0 Å². The van der Waals surface area contributed by atoms with E-state index < -0.39 is 0 Å². The van der Waals surface area contributed by atoms with E-state index in [0.717, 1.165) is 9.35 Å². The van der Waals surface area contributed by atoms with Crippen molar-refractivity contribution in [2.45, 2.75) is 6.54 Å². The van der Waals surface area contributed by atoms with Gasteiger partial charge in [-0.3, -0.25) is 4.79 Å². The van der Waals surface area contributed by atoms with Crippen LogP contribution >= 0.6 is 38.9 Å². The lowest BCUT2D eigenvalue weighted by atomic mass is 10.2. The molecule has 0 aliphatic heterocycles. The molecule has 5 heteroatoms. The summed E-state index contributed by atoms with van der Waals surface area (Å²) < 4.78 is 0.836. The molecule has 0 saturated heterocycles. The van der Waals surface area contributed by atoms with E-state index in [1.165, 1.54) is 0 Å². The third kappa shape index (κ3) is 3.31. The molecule has 0 saturated carbocycles. The van der Waals surface area contributed by atoms with Gasteiger partial charge in [-0.2, -0.15) is 0 Å². The van der Waals surface area contributed by atoms with Crippen molar-refractivity contribution in [2.75, 3.05) is 0 Å². The van der Waals surface area contributed by atoms with Crippen LogP contribution < -0.4 is 5.32 Å². The maximum absolute atomic E-state index is 11.9. The van der Waals surface area contributed by atoms with Crippen molar-refractivity contribution in [3.8, 4) is 0 Å². The van der Waals surface area contributed by atoms with Crippen LogP contribution in [-0.4, -0.2) is 5.91 Å². The molecule has 0 spiro atoms. The molecular formula is C12H9BrClNOS. The predicted molar refractivity (Wildman–Crippen MR) is 74.6 cm³/mol. The molecular weight excluding hydrogens is 322 g/mol. The molecule has 1 N–H and O–H groups in total. The first kappa shape index (κ1) is 12.6. The molecule has 0 bridgehead atoms. The van der Waals surface area contributed by atoms with Crippen LogP contribution in [0.15, 0.2) is 40.2 Å². The van der Waals surface area contributed by atoms with Crippen molar-refractivity contribution in [2.24, 2.45) is 0 Å². The Bertz CT molecular complexity index is 527. The third-order valence-electron chi connectivity index (χ3n) is 2.18. The molecule has 1 amide bonds. The number of hydrogen-bond acceptors (Lipinski definition) is 2. The lowest BCUT2D eigenvalue weighted by Crippen LogP contribution is -2.22. The molecule has 1 aromatic heterocycles. The van der Waals surface area contributed by atoms with Gasteiger partial charge in [-0.1, -0.05) is 33.6 Å². The highest BCUT2D eigenvalue weighted by molar-refractivity contribution is 9.10. The van der Waals surface area contributed by atoms with Crippen LogP contribution in [0.5, 0.6) is 0 Å². The second-order valence-corrected chi connectivity index (χ2v) is 5.74. The van der Waals surface area contributed by atoms with E-state index in [0.29, 0.717) is 17.1 Å². The zero-order valence-corrected chi connectivity index (χ0v) is 11.9. The van der Waals surface area contributed by atoms with Gasteiger partial charge < -0.3 is 5.32 Å². The van der Waals surface area contributed by atoms with E-state index in [4.69, 9.17) is 11.6 Å². The molecule has 0 atom stereocenters. The molecule has 1 aromatic carbocycles. The maximum atomic E-state index is 11.9. The molecule has 0 radical (unpaired) electrons. The van der Waals surface area contributed by atoms with Gasteiger partial charge >= 0.3 is 0 Å². The fraction of sp³-hybridized carbons (Fsp3) is 0.0833. The predicted octanol–water partition coefficient (Wildman–Crippen LogP) is 4.09. The minimum atomic E-state index is -0.162. The zero-order valence-electron chi connectivity index (χ0n) is 8.74. The van der Waals surface area contributed by atoms with Crippen LogP contribution in [0.3, 0.4) is 0 Å². The average Bonchev–Trinajstić information content (AvgIpc) is 2.82. The number of carbonyl (C=O) groups is 1. The maximum Gasteiger partial charge on any atom is 0.253 e. The van der Waals surface area contributed by atoms with Gasteiger partial charge in [-0.05, 0) is 29.6 Å². The average molecular weight is 331 g/mol. The van der Waals surface area contributed by atoms with Crippen LogP contribution in [0, 0.1) is 0 Å². The van der Waals surface area contributed by atoms with Crippen molar-refractivity contribution < 1.29 is 4.79 Å². The summed E-state index contributed by atoms with van der Waals surface area (Å²) in [5.74, 6) is -0.162. The largest absolute Gasteiger partial charge is 0.347 e. The van der Waals surface area contributed by atoms with Crippen LogP contribution in [-0.2, 0) is 6.54 Å². The van der Waals surface area contributed by atoms with E-state index >= 15 is 0 Å². The highest BCUT2D eigenvalue weighted by Gasteiger charge is 2.10. The Kier molecular flexibility index (Phi) is 4.20. The third-order valence-corrected chi connectivity index (χ3v) is 3.88. The number of rotatable bonds is 3. The van der Waals surface area contributed by atoms with Crippen LogP contribution in [0.1, 0.15) is 15.2 Å². The molecule has 0 fully saturated rings. The number of thiophene rings is 1. The minimum absolute atomic E-state index is 0.162. The summed E-state index contributed by atoms with van der Waals surface area (Å²) in [6.07, 6.45) is 0. The Morgan fingerprint density at radius 1 is 1.41 bits per heavy atom. The Labute approximate surface area is 117 Å². The molecule has 17 heavy (non-hydrogen) atoms. The second-order valence-electron chi connectivity index (χ2n) is 3.39. The number of hydrogen-bond donors (Lipinski definition) is 1. The van der Waals surface area contributed by atoms with E-state index in [2.05, 4.69) is 21.2 Å². The number of benzene rings is 1. The first-order valence-electron chi connectivity index (χ1n) is 4.92. The Hall–Kier alpha value is -0.840. The van der Waals surface area contributed by atoms with Crippen LogP contribution in [0.2, 0.25) is 5.02 Å². The molecule has 88 valence electrons. The summed E-state index contributed by atoms with van der Waals surface area (Å²) in [7, 11) is 0. The first-order chi connectivity index (χ1) is 8.16. The Morgan fingerprint density at radius 3 is 2.94 bits per heavy atom. The van der Waals surface area contributed by atoms with Gasteiger partial charge in [-0.15, -0.1) is 11.3 Å². The standard InChI is InChI=1S/C12H9BrClNOS/c13-8-3-4-11(14)10(6-8)12(16)15-7-9-2-1-5-17-9/h1-6H,7H2,(H,15,16). The van der Waals surface area contributed by atoms with Gasteiger partial charge in [0.1, 0.15) is 0 Å². The smallest absolute Gasteiger partial charge is 0.253 e. The molecule has 2 nitrogen and oxygen atoms in total. The summed E-state index contributed by atoms with van der Waals surface area (Å²) >= 11 is 10.9. The van der Waals surface area contributed by atoms with E-state index in [9.17, 15) is 4.79 Å². The summed E-state index contributed by atoms with van der Waals surface area (Å²) in [4.78, 5) is 13.0. The van der Waals surface area contributed by atoms with Crippen molar-refractivity contribution in [1.29, 1.82) is 0 Å². The number of nitrogens with one attached hydrogen (secondary N) is 1. The van der Waals surface area contributed by atoms with Gasteiger partial charge in [0, 0.05) is 9.35 Å². The highest BCUT2D eigenvalue weighted by Crippen LogP contribution is 2.21. The minimum Gasteiger partial charge on any atom is -0.347 e. The summed E-state index contributed by atoms with van der Waals surface area (Å²) in [5.41, 5.74) is 0.484. The first-order valence-corrected chi connectivity index (χ1v) is 6.97. The van der Waals surface area contributed by atoms with Crippen molar-refractivity contribution in [1.82, 2.24) is 5.32 Å². The van der Waals surface area contributed by atoms with E-state index in [1.807, 2.05) is 17.5 Å². The van der Waals surface area contributed by atoms with E-state index in [-0.39, 0.29) is 5.91 Å². The number of halogens is 2. The van der Waals surface area contributed by atoms with Gasteiger partial charge in [0.2, 0.25) is 0 Å². The molecule has 0 aliphatic rings. The lowest BCUT2D eigenvalue weighted by Gasteiger charge is -2.06. The summed E-state index contributed by atoms with van der Waals surface area (Å²) in [6.45, 7) is 0.527. The Balaban J connectivity index is 2.07. The quantitative estimate of drug-likeness (QED) is 0.902. The fourth-order valence-corrected chi connectivity index (χ4v) is 2.56. The lowest BCUT2D eigenvalue weighted by molar-refractivity contribution is 0.0951. The van der Waals surface area contributed by atoms with Crippen molar-refractivity contribution in [3.05, 3.63) is 55.6 Å². The zero-order chi connectivity index (χ0) is 12.3. The van der Waals surface area contributed by atoms with Gasteiger partial charge in [0.15, 0.2) is 0 Å². The monoisotopic (exact) mass is 329 g/mol. The normalized spacial score (nSPS) is 10.2. The van der Waals surface area contributed by atoms with Gasteiger partial charge in [0.25, 0.3) is 5.91 Å². The summed E-state index contributed by atoms with van der Waals surface area (Å²) in [5, 5.41) is 5.27. The summed E-state index contributed by atoms with van der Waals surface area (Å²) in [6, 6.07) is 9.15. The van der Waals surface area contributed by atoms with Crippen LogP contribution in [0.25, 0.3) is 0 Å². The topological polar surface area (TPSA) is 29.1 Å². The Morgan fingerprint density at radius 2 is 2.24 bits per heavy atom. The molecule has 2 rings (SSSR count). The van der Waals surface area contributed by atoms with Crippen molar-refractivity contribution >= 4 is 44.8 Å².